The minimum atomic E-state index is -0.195. The molecule has 1 atom stereocenters. The van der Waals surface area contributed by atoms with Crippen LogP contribution in [0.1, 0.15) is 72.5 Å². The summed E-state index contributed by atoms with van der Waals surface area (Å²) in [5.41, 5.74) is 2.73. The highest BCUT2D eigenvalue weighted by Crippen LogP contribution is 2.59. The minimum Gasteiger partial charge on any atom is -0.338 e. The maximum Gasteiger partial charge on any atom is 0.255 e. The van der Waals surface area contributed by atoms with Crippen molar-refractivity contribution in [2.45, 2.75) is 64.0 Å². The monoisotopic (exact) mass is 417 g/mol. The number of piperidine rings is 1. The lowest BCUT2D eigenvalue weighted by Crippen LogP contribution is -2.67. The van der Waals surface area contributed by atoms with Crippen LogP contribution in [0.3, 0.4) is 0 Å². The molecule has 162 valence electrons. The van der Waals surface area contributed by atoms with Crippen LogP contribution >= 0.6 is 0 Å². The quantitative estimate of drug-likeness (QED) is 0.690. The molecule has 2 aromatic rings. The number of pyridine rings is 1. The van der Waals surface area contributed by atoms with Gasteiger partial charge in [0.05, 0.1) is 17.0 Å². The van der Waals surface area contributed by atoms with E-state index >= 15 is 0 Å². The van der Waals surface area contributed by atoms with Gasteiger partial charge in [0.15, 0.2) is 0 Å². The summed E-state index contributed by atoms with van der Waals surface area (Å²) >= 11 is 0. The molecule has 1 unspecified atom stereocenters. The molecule has 3 aliphatic rings. The van der Waals surface area contributed by atoms with Gasteiger partial charge in [-0.3, -0.25) is 14.6 Å². The van der Waals surface area contributed by atoms with Crippen LogP contribution in [-0.2, 0) is 4.79 Å². The molecule has 1 aromatic heterocycles. The summed E-state index contributed by atoms with van der Waals surface area (Å²) in [5.74, 6) is 0.404. The third-order valence-corrected chi connectivity index (χ3v) is 7.59. The second kappa shape index (κ2) is 8.10. The van der Waals surface area contributed by atoms with E-state index in [1.807, 2.05) is 24.0 Å². The van der Waals surface area contributed by atoms with Crippen molar-refractivity contribution < 1.29 is 9.59 Å². The Morgan fingerprint density at radius 3 is 2.42 bits per heavy atom. The summed E-state index contributed by atoms with van der Waals surface area (Å²) in [5, 5.41) is 0. The van der Waals surface area contributed by atoms with E-state index in [1.165, 1.54) is 12.0 Å². The lowest BCUT2D eigenvalue weighted by atomic mass is 9.59. The van der Waals surface area contributed by atoms with E-state index in [0.29, 0.717) is 24.6 Å². The first-order chi connectivity index (χ1) is 15.1. The Morgan fingerprint density at radius 2 is 1.74 bits per heavy atom. The van der Waals surface area contributed by atoms with Gasteiger partial charge >= 0.3 is 0 Å². The summed E-state index contributed by atoms with van der Waals surface area (Å²) < 4.78 is 0. The Kier molecular flexibility index (Phi) is 5.28. The number of benzene rings is 1. The third-order valence-electron chi connectivity index (χ3n) is 7.59. The van der Waals surface area contributed by atoms with Gasteiger partial charge in [0, 0.05) is 31.5 Å². The smallest absolute Gasteiger partial charge is 0.255 e. The van der Waals surface area contributed by atoms with Gasteiger partial charge in [-0.1, -0.05) is 49.6 Å². The van der Waals surface area contributed by atoms with Crippen LogP contribution in [0.5, 0.6) is 0 Å². The maximum absolute atomic E-state index is 13.5. The van der Waals surface area contributed by atoms with E-state index in [0.717, 1.165) is 44.1 Å². The Labute approximate surface area is 184 Å². The molecule has 3 fully saturated rings. The van der Waals surface area contributed by atoms with Crippen LogP contribution in [0.4, 0.5) is 0 Å². The van der Waals surface area contributed by atoms with E-state index in [9.17, 15) is 9.59 Å². The van der Waals surface area contributed by atoms with Gasteiger partial charge in [-0.2, -0.15) is 0 Å². The van der Waals surface area contributed by atoms with Gasteiger partial charge in [-0.05, 0) is 49.8 Å². The van der Waals surface area contributed by atoms with Crippen molar-refractivity contribution in [2.75, 3.05) is 13.1 Å². The predicted octanol–water partition coefficient (Wildman–Crippen LogP) is 4.53. The van der Waals surface area contributed by atoms with Crippen molar-refractivity contribution in [3.05, 3.63) is 65.5 Å². The zero-order valence-corrected chi connectivity index (χ0v) is 18.3. The fraction of sp³-hybridized carbons (Fsp3) is 0.500. The molecule has 1 saturated carbocycles. The average Bonchev–Trinajstić information content (AvgIpc) is 2.83. The maximum atomic E-state index is 13.5. The number of rotatable bonds is 3. The van der Waals surface area contributed by atoms with Crippen LogP contribution in [0.15, 0.2) is 48.8 Å². The third kappa shape index (κ3) is 3.44. The molecule has 1 spiro atoms. The molecule has 5 rings (SSSR count). The van der Waals surface area contributed by atoms with Crippen molar-refractivity contribution in [3.63, 3.8) is 0 Å². The zero-order chi connectivity index (χ0) is 21.4. The summed E-state index contributed by atoms with van der Waals surface area (Å²) in [6.45, 7) is 3.34. The molecule has 31 heavy (non-hydrogen) atoms. The Balaban J connectivity index is 1.32. The minimum absolute atomic E-state index is 0.0490. The largest absolute Gasteiger partial charge is 0.338 e. The van der Waals surface area contributed by atoms with Gasteiger partial charge in [0.1, 0.15) is 0 Å². The van der Waals surface area contributed by atoms with Crippen molar-refractivity contribution in [1.29, 1.82) is 0 Å². The average molecular weight is 418 g/mol. The van der Waals surface area contributed by atoms with Crippen LogP contribution in [0.25, 0.3) is 0 Å². The number of carbonyl (C=O) groups excluding carboxylic acids is 2. The number of hydrogen-bond acceptors (Lipinski definition) is 3. The summed E-state index contributed by atoms with van der Waals surface area (Å²) in [4.78, 5) is 34.7. The molecule has 0 N–H and O–H groups in total. The highest BCUT2D eigenvalue weighted by atomic mass is 16.2. The molecule has 0 bridgehead atoms. The van der Waals surface area contributed by atoms with Crippen molar-refractivity contribution in [2.24, 2.45) is 5.41 Å². The number of aromatic nitrogens is 1. The van der Waals surface area contributed by atoms with Crippen LogP contribution in [0, 0.1) is 12.3 Å². The first-order valence-corrected chi connectivity index (χ1v) is 11.7. The molecule has 2 aliphatic heterocycles. The van der Waals surface area contributed by atoms with Gasteiger partial charge in [-0.25, -0.2) is 0 Å². The molecular weight excluding hydrogens is 386 g/mol. The molecule has 2 amide bonds. The number of likely N-dealkylation sites (tertiary alicyclic amines) is 2. The van der Waals surface area contributed by atoms with Crippen molar-refractivity contribution >= 4 is 11.8 Å². The van der Waals surface area contributed by atoms with E-state index in [-0.39, 0.29) is 23.4 Å². The standard InChI is InChI=1S/C26H31N3O2/c1-19-16-21(18-27-17-19)24(30)28-14-10-22(11-15-28)29-23(20-8-4-2-5-9-20)26(25(29)31)12-6-3-7-13-26/h2,4-5,8-9,16-18,22-23H,3,6-7,10-15H2,1H3. The van der Waals surface area contributed by atoms with Gasteiger partial charge < -0.3 is 9.80 Å². The zero-order valence-electron chi connectivity index (χ0n) is 18.3. The summed E-state index contributed by atoms with van der Waals surface area (Å²) in [6.07, 6.45) is 10.7. The highest BCUT2D eigenvalue weighted by molar-refractivity contribution is 5.94. The topological polar surface area (TPSA) is 53.5 Å². The Morgan fingerprint density at radius 1 is 1.03 bits per heavy atom. The second-order valence-corrected chi connectivity index (χ2v) is 9.52. The molecule has 5 nitrogen and oxygen atoms in total. The number of aryl methyl sites for hydroxylation is 1. The highest BCUT2D eigenvalue weighted by Gasteiger charge is 2.62. The van der Waals surface area contributed by atoms with Crippen LogP contribution < -0.4 is 0 Å². The Hall–Kier alpha value is -2.69. The molecule has 5 heteroatoms. The van der Waals surface area contributed by atoms with Crippen molar-refractivity contribution in [1.82, 2.24) is 14.8 Å². The van der Waals surface area contributed by atoms with Crippen LogP contribution in [-0.4, -0.2) is 45.7 Å². The fourth-order valence-corrected chi connectivity index (χ4v) is 6.05. The number of carbonyl (C=O) groups is 2. The first-order valence-electron chi connectivity index (χ1n) is 11.7. The number of β-lactam (4-membered cyclic amide) rings is 1. The SMILES string of the molecule is Cc1cncc(C(=O)N2CCC(N3C(=O)C4(CCCCC4)C3c3ccccc3)CC2)c1. The second-order valence-electron chi connectivity index (χ2n) is 9.52. The molecule has 1 aliphatic carbocycles. The lowest BCUT2D eigenvalue weighted by Gasteiger charge is -2.61. The molecule has 0 radical (unpaired) electrons. The number of nitrogens with zero attached hydrogens (tertiary/aromatic N) is 3. The normalized spacial score (nSPS) is 23.6. The van der Waals surface area contributed by atoms with E-state index in [1.54, 1.807) is 12.4 Å². The Bertz CT molecular complexity index is 960. The first kappa shape index (κ1) is 20.2. The van der Waals surface area contributed by atoms with E-state index < -0.39 is 0 Å². The van der Waals surface area contributed by atoms with E-state index in [2.05, 4.69) is 34.1 Å². The number of amides is 2. The van der Waals surface area contributed by atoms with Gasteiger partial charge in [0.25, 0.3) is 5.91 Å². The van der Waals surface area contributed by atoms with E-state index in [4.69, 9.17) is 0 Å². The van der Waals surface area contributed by atoms with Crippen molar-refractivity contribution in [3.8, 4) is 0 Å². The summed E-state index contributed by atoms with van der Waals surface area (Å²) in [7, 11) is 0. The lowest BCUT2D eigenvalue weighted by molar-refractivity contribution is -0.186. The molecule has 1 aromatic carbocycles. The van der Waals surface area contributed by atoms with Gasteiger partial charge in [-0.15, -0.1) is 0 Å². The molecular formula is C26H31N3O2. The van der Waals surface area contributed by atoms with Crippen LogP contribution in [0.2, 0.25) is 0 Å². The molecule has 3 heterocycles. The summed E-state index contributed by atoms with van der Waals surface area (Å²) in [6, 6.07) is 12.9. The predicted molar refractivity (Wildman–Crippen MR) is 119 cm³/mol. The fourth-order valence-electron chi connectivity index (χ4n) is 6.05. The van der Waals surface area contributed by atoms with Gasteiger partial charge in [0.2, 0.25) is 5.91 Å². The molecule has 2 saturated heterocycles. The number of hydrogen-bond donors (Lipinski definition) is 0.